The fourth-order valence-corrected chi connectivity index (χ4v) is 5.11. The van der Waals surface area contributed by atoms with Gasteiger partial charge in [-0.15, -0.1) is 0 Å². The van der Waals surface area contributed by atoms with Crippen molar-refractivity contribution in [1.29, 1.82) is 5.26 Å². The van der Waals surface area contributed by atoms with Crippen molar-refractivity contribution in [2.24, 2.45) is 4.99 Å². The smallest absolute Gasteiger partial charge is 0.213 e. The van der Waals surface area contributed by atoms with Crippen LogP contribution in [0, 0.1) is 17.1 Å². The van der Waals surface area contributed by atoms with E-state index in [0.29, 0.717) is 29.2 Å². The molecule has 0 amide bonds. The lowest BCUT2D eigenvalue weighted by Gasteiger charge is -2.33. The zero-order chi connectivity index (χ0) is 24.4. The van der Waals surface area contributed by atoms with Gasteiger partial charge in [-0.25, -0.2) is 9.37 Å². The monoisotopic (exact) mass is 477 g/mol. The van der Waals surface area contributed by atoms with Crippen LogP contribution in [0.5, 0.6) is 5.88 Å². The van der Waals surface area contributed by atoms with E-state index in [2.05, 4.69) is 23.6 Å². The Morgan fingerprint density at radius 3 is 2.91 bits per heavy atom. The molecule has 3 aliphatic rings. The van der Waals surface area contributed by atoms with E-state index in [1.807, 2.05) is 18.2 Å². The van der Waals surface area contributed by atoms with Crippen LogP contribution in [0.25, 0.3) is 0 Å². The SMILES string of the molecule is CC1CN(C[C@@H]2CCO2)C(CN2CC[C@](C)(c3cccc(OCc4ccc(C#N)cc4F)n3)C2)=N1. The first-order valence-corrected chi connectivity index (χ1v) is 12.4. The highest BCUT2D eigenvalue weighted by atomic mass is 19.1. The maximum atomic E-state index is 14.2. The Morgan fingerprint density at radius 1 is 1.31 bits per heavy atom. The maximum Gasteiger partial charge on any atom is 0.213 e. The van der Waals surface area contributed by atoms with Gasteiger partial charge in [0.1, 0.15) is 18.3 Å². The molecule has 7 nitrogen and oxygen atoms in total. The van der Waals surface area contributed by atoms with Crippen molar-refractivity contribution in [3.8, 4) is 11.9 Å². The highest BCUT2D eigenvalue weighted by Crippen LogP contribution is 2.34. The Balaban J connectivity index is 1.21. The summed E-state index contributed by atoms with van der Waals surface area (Å²) >= 11 is 0. The predicted molar refractivity (Wildman–Crippen MR) is 131 cm³/mol. The minimum atomic E-state index is -0.444. The Kier molecular flexibility index (Phi) is 6.72. The molecule has 0 bridgehead atoms. The maximum absolute atomic E-state index is 14.2. The summed E-state index contributed by atoms with van der Waals surface area (Å²) in [5.41, 5.74) is 1.59. The molecule has 35 heavy (non-hydrogen) atoms. The van der Waals surface area contributed by atoms with Gasteiger partial charge in [-0.3, -0.25) is 9.89 Å². The second kappa shape index (κ2) is 9.92. The van der Waals surface area contributed by atoms with Crippen LogP contribution in [0.1, 0.15) is 43.5 Å². The summed E-state index contributed by atoms with van der Waals surface area (Å²) in [4.78, 5) is 14.6. The number of aromatic nitrogens is 1. The summed E-state index contributed by atoms with van der Waals surface area (Å²) in [5, 5.41) is 8.91. The highest BCUT2D eigenvalue weighted by molar-refractivity contribution is 5.86. The number of ether oxygens (including phenoxy) is 2. The van der Waals surface area contributed by atoms with Crippen molar-refractivity contribution in [2.45, 2.75) is 50.9 Å². The molecular formula is C27H32FN5O2. The van der Waals surface area contributed by atoms with Crippen molar-refractivity contribution in [2.75, 3.05) is 39.3 Å². The molecule has 2 fully saturated rings. The third-order valence-electron chi connectivity index (χ3n) is 7.25. The summed E-state index contributed by atoms with van der Waals surface area (Å²) in [7, 11) is 0. The van der Waals surface area contributed by atoms with Gasteiger partial charge in [0.2, 0.25) is 5.88 Å². The lowest BCUT2D eigenvalue weighted by molar-refractivity contribution is -0.0585. The molecule has 0 N–H and O–H groups in total. The van der Waals surface area contributed by atoms with Crippen LogP contribution in [0.2, 0.25) is 0 Å². The number of aliphatic imine (C=N–C) groups is 1. The molecule has 3 atom stereocenters. The largest absolute Gasteiger partial charge is 0.473 e. The zero-order valence-corrected chi connectivity index (χ0v) is 20.4. The molecule has 0 spiro atoms. The van der Waals surface area contributed by atoms with Gasteiger partial charge >= 0.3 is 0 Å². The Labute approximate surface area is 206 Å². The molecule has 4 heterocycles. The third kappa shape index (κ3) is 5.31. The number of hydrogen-bond acceptors (Lipinski definition) is 7. The molecule has 1 aromatic heterocycles. The number of hydrogen-bond donors (Lipinski definition) is 0. The zero-order valence-electron chi connectivity index (χ0n) is 20.4. The first-order valence-electron chi connectivity index (χ1n) is 12.4. The second-order valence-corrected chi connectivity index (χ2v) is 10.2. The van der Waals surface area contributed by atoms with Gasteiger partial charge in [0.25, 0.3) is 0 Å². The molecule has 1 aromatic carbocycles. The fraction of sp³-hybridized carbons (Fsp3) is 0.519. The number of amidine groups is 1. The number of likely N-dealkylation sites (tertiary alicyclic amines) is 1. The number of pyridine rings is 1. The van der Waals surface area contributed by atoms with Gasteiger partial charge in [0.15, 0.2) is 0 Å². The Morgan fingerprint density at radius 2 is 2.17 bits per heavy atom. The van der Waals surface area contributed by atoms with E-state index in [1.165, 1.54) is 11.9 Å². The minimum absolute atomic E-state index is 0.0649. The Hall–Kier alpha value is -3.02. The third-order valence-corrected chi connectivity index (χ3v) is 7.25. The van der Waals surface area contributed by atoms with Crippen molar-refractivity contribution in [3.05, 3.63) is 59.0 Å². The molecule has 3 aliphatic heterocycles. The minimum Gasteiger partial charge on any atom is -0.473 e. The second-order valence-electron chi connectivity index (χ2n) is 10.2. The van der Waals surface area contributed by atoms with Gasteiger partial charge in [0, 0.05) is 43.3 Å². The van der Waals surface area contributed by atoms with Crippen LogP contribution < -0.4 is 4.74 Å². The first-order chi connectivity index (χ1) is 16.9. The number of nitriles is 1. The summed E-state index contributed by atoms with van der Waals surface area (Å²) in [5.74, 6) is 1.21. The summed E-state index contributed by atoms with van der Waals surface area (Å²) in [6.07, 6.45) is 2.49. The number of benzene rings is 1. The predicted octanol–water partition coefficient (Wildman–Crippen LogP) is 3.53. The molecule has 5 rings (SSSR count). The standard InChI is InChI=1S/C27H32FN5O2/c1-19-14-33(15-22-8-11-34-22)25(30-19)16-32-10-9-27(2,18-32)24-4-3-5-26(31-24)35-17-21-7-6-20(13-29)12-23(21)28/h3-7,12,19,22H,8-11,14-18H2,1-2H3/t19?,22-,27-/m0/s1. The van der Waals surface area contributed by atoms with Gasteiger partial charge < -0.3 is 14.4 Å². The van der Waals surface area contributed by atoms with E-state index in [1.54, 1.807) is 18.2 Å². The molecule has 8 heteroatoms. The van der Waals surface area contributed by atoms with E-state index < -0.39 is 5.82 Å². The van der Waals surface area contributed by atoms with Gasteiger partial charge in [-0.05, 0) is 44.5 Å². The van der Waals surface area contributed by atoms with Crippen molar-refractivity contribution in [3.63, 3.8) is 0 Å². The quantitative estimate of drug-likeness (QED) is 0.579. The van der Waals surface area contributed by atoms with Crippen LogP contribution in [-0.2, 0) is 16.8 Å². The van der Waals surface area contributed by atoms with Crippen LogP contribution in [0.15, 0.2) is 41.4 Å². The summed E-state index contributed by atoms with van der Waals surface area (Å²) < 4.78 is 25.7. The lowest BCUT2D eigenvalue weighted by Crippen LogP contribution is -2.45. The summed E-state index contributed by atoms with van der Waals surface area (Å²) in [6.45, 7) is 10.0. The summed E-state index contributed by atoms with van der Waals surface area (Å²) in [6, 6.07) is 12.5. The fourth-order valence-electron chi connectivity index (χ4n) is 5.11. The van der Waals surface area contributed by atoms with Gasteiger partial charge in [0.05, 0.1) is 36.0 Å². The molecule has 2 saturated heterocycles. The lowest BCUT2D eigenvalue weighted by atomic mass is 9.85. The van der Waals surface area contributed by atoms with Gasteiger partial charge in [-0.1, -0.05) is 19.1 Å². The van der Waals surface area contributed by atoms with Crippen molar-refractivity contribution < 1.29 is 13.9 Å². The Bertz CT molecular complexity index is 1140. The van der Waals surface area contributed by atoms with E-state index in [9.17, 15) is 4.39 Å². The van der Waals surface area contributed by atoms with Crippen molar-refractivity contribution in [1.82, 2.24) is 14.8 Å². The van der Waals surface area contributed by atoms with E-state index in [0.717, 1.165) is 57.9 Å². The number of halogens is 1. The van der Waals surface area contributed by atoms with E-state index in [-0.39, 0.29) is 12.0 Å². The average Bonchev–Trinajstić information content (AvgIpc) is 3.38. The van der Waals surface area contributed by atoms with Gasteiger partial charge in [-0.2, -0.15) is 5.26 Å². The topological polar surface area (TPSA) is 74.0 Å². The molecule has 0 saturated carbocycles. The van der Waals surface area contributed by atoms with Crippen LogP contribution in [0.4, 0.5) is 4.39 Å². The normalized spacial score (nSPS) is 26.3. The van der Waals surface area contributed by atoms with Crippen LogP contribution in [-0.4, -0.2) is 72.1 Å². The average molecular weight is 478 g/mol. The molecule has 0 aliphatic carbocycles. The molecule has 184 valence electrons. The number of nitrogens with zero attached hydrogens (tertiary/aromatic N) is 5. The molecule has 0 radical (unpaired) electrons. The first kappa shape index (κ1) is 23.7. The van der Waals surface area contributed by atoms with Crippen molar-refractivity contribution >= 4 is 5.84 Å². The number of rotatable bonds is 8. The molecular weight excluding hydrogens is 445 g/mol. The van der Waals surface area contributed by atoms with E-state index in [4.69, 9.17) is 24.7 Å². The highest BCUT2D eigenvalue weighted by Gasteiger charge is 2.38. The molecule has 2 aromatic rings. The van der Waals surface area contributed by atoms with Crippen LogP contribution >= 0.6 is 0 Å². The van der Waals surface area contributed by atoms with Crippen LogP contribution in [0.3, 0.4) is 0 Å². The molecule has 1 unspecified atom stereocenters. The van der Waals surface area contributed by atoms with E-state index >= 15 is 0 Å².